The lowest BCUT2D eigenvalue weighted by atomic mass is 9.87. The lowest BCUT2D eigenvalue weighted by molar-refractivity contribution is -0.144. The summed E-state index contributed by atoms with van der Waals surface area (Å²) in [5, 5.41) is 12.7. The van der Waals surface area contributed by atoms with E-state index in [0.717, 1.165) is 11.3 Å². The highest BCUT2D eigenvalue weighted by Gasteiger charge is 2.39. The van der Waals surface area contributed by atoms with Crippen molar-refractivity contribution in [2.75, 3.05) is 12.4 Å². The van der Waals surface area contributed by atoms with E-state index in [1.54, 1.807) is 14.0 Å². The Hall–Kier alpha value is -1.55. The van der Waals surface area contributed by atoms with E-state index in [1.165, 1.54) is 0 Å². The third-order valence-electron chi connectivity index (χ3n) is 3.36. The fraction of sp³-hybridized carbons (Fsp3) is 0.533. The first-order chi connectivity index (χ1) is 8.70. The van der Waals surface area contributed by atoms with E-state index >= 15 is 0 Å². The van der Waals surface area contributed by atoms with Gasteiger partial charge in [-0.3, -0.25) is 0 Å². The number of carbonyl (C=O) groups is 1. The maximum atomic E-state index is 11.6. The molecule has 4 heteroatoms. The van der Waals surface area contributed by atoms with Gasteiger partial charge in [0.25, 0.3) is 0 Å². The van der Waals surface area contributed by atoms with Crippen molar-refractivity contribution < 1.29 is 14.6 Å². The van der Waals surface area contributed by atoms with Crippen LogP contribution in [0.25, 0.3) is 0 Å². The van der Waals surface area contributed by atoms with Gasteiger partial charge in [-0.25, -0.2) is 4.79 Å². The molecule has 0 fully saturated rings. The van der Waals surface area contributed by atoms with Crippen LogP contribution in [0.1, 0.15) is 32.8 Å². The number of carboxylic acids is 1. The van der Waals surface area contributed by atoms with Crippen LogP contribution in [0.5, 0.6) is 0 Å². The molecule has 0 spiro atoms. The number of benzene rings is 1. The van der Waals surface area contributed by atoms with Crippen LogP contribution in [0.2, 0.25) is 0 Å². The van der Waals surface area contributed by atoms with Crippen molar-refractivity contribution >= 4 is 11.7 Å². The van der Waals surface area contributed by atoms with Gasteiger partial charge in [0.2, 0.25) is 0 Å². The summed E-state index contributed by atoms with van der Waals surface area (Å²) in [6.45, 7) is 7.40. The highest BCUT2D eigenvalue weighted by atomic mass is 16.5. The Morgan fingerprint density at radius 2 is 1.89 bits per heavy atom. The Bertz CT molecular complexity index is 456. The fourth-order valence-corrected chi connectivity index (χ4v) is 2.11. The first kappa shape index (κ1) is 15.5. The van der Waals surface area contributed by atoms with E-state index in [4.69, 9.17) is 4.74 Å². The molecule has 1 aromatic rings. The van der Waals surface area contributed by atoms with E-state index in [2.05, 4.69) is 5.32 Å². The summed E-state index contributed by atoms with van der Waals surface area (Å²) in [4.78, 5) is 11.6. The second-order valence-electron chi connectivity index (χ2n) is 5.72. The molecule has 1 rings (SSSR count). The summed E-state index contributed by atoms with van der Waals surface area (Å²) in [5.74, 6) is -0.888. The van der Waals surface area contributed by atoms with Crippen LogP contribution in [0.4, 0.5) is 5.69 Å². The number of hydrogen-bond donors (Lipinski definition) is 2. The van der Waals surface area contributed by atoms with Gasteiger partial charge in [0.15, 0.2) is 0 Å². The van der Waals surface area contributed by atoms with Crippen molar-refractivity contribution in [2.24, 2.45) is 0 Å². The molecule has 0 amide bonds. The van der Waals surface area contributed by atoms with Crippen LogP contribution in [-0.4, -0.2) is 29.3 Å². The number of carboxylic acid groups (broad SMARTS) is 1. The van der Waals surface area contributed by atoms with Gasteiger partial charge in [-0.05, 0) is 39.3 Å². The molecule has 0 saturated carbocycles. The Labute approximate surface area is 114 Å². The van der Waals surface area contributed by atoms with Gasteiger partial charge in [-0.2, -0.15) is 0 Å². The molecule has 19 heavy (non-hydrogen) atoms. The lowest BCUT2D eigenvalue weighted by Gasteiger charge is -2.35. The molecule has 1 atom stereocenters. The summed E-state index contributed by atoms with van der Waals surface area (Å²) in [7, 11) is 1.59. The number of anilines is 1. The largest absolute Gasteiger partial charge is 0.480 e. The zero-order valence-corrected chi connectivity index (χ0v) is 12.3. The van der Waals surface area contributed by atoms with Gasteiger partial charge in [0.1, 0.15) is 5.54 Å². The maximum Gasteiger partial charge on any atom is 0.329 e. The zero-order valence-electron chi connectivity index (χ0n) is 12.3. The van der Waals surface area contributed by atoms with Crippen LogP contribution in [-0.2, 0) is 9.53 Å². The molecule has 0 aliphatic carbocycles. The molecule has 4 nitrogen and oxygen atoms in total. The molecule has 0 aliphatic rings. The Morgan fingerprint density at radius 3 is 2.37 bits per heavy atom. The molecule has 106 valence electrons. The van der Waals surface area contributed by atoms with E-state index in [1.807, 2.05) is 45.0 Å². The van der Waals surface area contributed by atoms with Crippen LogP contribution in [0.15, 0.2) is 24.3 Å². The van der Waals surface area contributed by atoms with Gasteiger partial charge in [0.05, 0.1) is 5.60 Å². The quantitative estimate of drug-likeness (QED) is 0.830. The number of para-hydroxylation sites is 1. The monoisotopic (exact) mass is 265 g/mol. The van der Waals surface area contributed by atoms with Crippen molar-refractivity contribution in [3.8, 4) is 0 Å². The van der Waals surface area contributed by atoms with Crippen LogP contribution in [0, 0.1) is 6.92 Å². The van der Waals surface area contributed by atoms with Gasteiger partial charge in [-0.1, -0.05) is 18.2 Å². The van der Waals surface area contributed by atoms with Crippen molar-refractivity contribution in [1.82, 2.24) is 0 Å². The molecule has 0 aromatic heterocycles. The smallest absolute Gasteiger partial charge is 0.329 e. The van der Waals surface area contributed by atoms with Crippen molar-refractivity contribution in [1.29, 1.82) is 0 Å². The molecule has 0 radical (unpaired) electrons. The Balaban J connectivity index is 3.01. The number of nitrogens with one attached hydrogen (secondary N) is 1. The maximum absolute atomic E-state index is 11.6. The molecule has 1 unspecified atom stereocenters. The predicted molar refractivity (Wildman–Crippen MR) is 76.5 cm³/mol. The minimum absolute atomic E-state index is 0.361. The normalized spacial score (nSPS) is 14.8. The second kappa shape index (κ2) is 5.61. The van der Waals surface area contributed by atoms with Crippen LogP contribution < -0.4 is 5.32 Å². The Morgan fingerprint density at radius 1 is 1.32 bits per heavy atom. The van der Waals surface area contributed by atoms with Crippen molar-refractivity contribution in [3.05, 3.63) is 29.8 Å². The number of hydrogen-bond acceptors (Lipinski definition) is 3. The first-order valence-corrected chi connectivity index (χ1v) is 6.32. The third-order valence-corrected chi connectivity index (χ3v) is 3.36. The number of methoxy groups -OCH3 is 1. The number of ether oxygens (including phenoxy) is 1. The lowest BCUT2D eigenvalue weighted by Crippen LogP contribution is -2.49. The van der Waals surface area contributed by atoms with Gasteiger partial charge in [0, 0.05) is 19.2 Å². The van der Waals surface area contributed by atoms with Crippen LogP contribution >= 0.6 is 0 Å². The fourth-order valence-electron chi connectivity index (χ4n) is 2.11. The van der Waals surface area contributed by atoms with Crippen LogP contribution in [0.3, 0.4) is 0 Å². The molecular weight excluding hydrogens is 242 g/mol. The average Bonchev–Trinajstić information content (AvgIpc) is 2.31. The molecule has 1 aromatic carbocycles. The number of aliphatic carboxylic acids is 1. The molecule has 0 aliphatic heterocycles. The minimum Gasteiger partial charge on any atom is -0.480 e. The standard InChI is InChI=1S/C15H23NO3/c1-11-8-6-7-9-12(11)16-15(4,13(17)18)10-14(2,3)19-5/h6-9,16H,10H2,1-5H3,(H,17,18). The van der Waals surface area contributed by atoms with E-state index < -0.39 is 17.1 Å². The number of aryl methyl sites for hydroxylation is 1. The highest BCUT2D eigenvalue weighted by Crippen LogP contribution is 2.28. The Kier molecular flexibility index (Phi) is 4.58. The summed E-state index contributed by atoms with van der Waals surface area (Å²) < 4.78 is 5.35. The van der Waals surface area contributed by atoms with Gasteiger partial charge in [-0.15, -0.1) is 0 Å². The van der Waals surface area contributed by atoms with Gasteiger partial charge < -0.3 is 15.2 Å². The highest BCUT2D eigenvalue weighted by molar-refractivity contribution is 5.82. The molecule has 0 heterocycles. The van der Waals surface area contributed by atoms with E-state index in [-0.39, 0.29) is 0 Å². The summed E-state index contributed by atoms with van der Waals surface area (Å²) in [6, 6.07) is 7.65. The third kappa shape index (κ3) is 3.96. The molecule has 0 bridgehead atoms. The summed E-state index contributed by atoms with van der Waals surface area (Å²) >= 11 is 0. The van der Waals surface area contributed by atoms with Crippen molar-refractivity contribution in [2.45, 2.75) is 45.3 Å². The topological polar surface area (TPSA) is 58.6 Å². The molecule has 0 saturated heterocycles. The minimum atomic E-state index is -1.08. The summed E-state index contributed by atoms with van der Waals surface area (Å²) in [5.41, 5.74) is 0.263. The zero-order chi connectivity index (χ0) is 14.7. The SMILES string of the molecule is COC(C)(C)CC(C)(Nc1ccccc1C)C(=O)O. The molecule has 2 N–H and O–H groups in total. The predicted octanol–water partition coefficient (Wildman–Crippen LogP) is 3.07. The van der Waals surface area contributed by atoms with Gasteiger partial charge >= 0.3 is 5.97 Å². The molecular formula is C15H23NO3. The number of rotatable bonds is 6. The van der Waals surface area contributed by atoms with Crippen molar-refractivity contribution in [3.63, 3.8) is 0 Å². The van der Waals surface area contributed by atoms with E-state index in [0.29, 0.717) is 6.42 Å². The van der Waals surface area contributed by atoms with E-state index in [9.17, 15) is 9.90 Å². The second-order valence-corrected chi connectivity index (χ2v) is 5.72. The summed E-state index contributed by atoms with van der Waals surface area (Å²) in [6.07, 6.45) is 0.361. The first-order valence-electron chi connectivity index (χ1n) is 6.32. The average molecular weight is 265 g/mol.